The molecule has 0 saturated carbocycles. The van der Waals surface area contributed by atoms with Crippen molar-refractivity contribution in [2.45, 2.75) is 77.6 Å². The van der Waals surface area contributed by atoms with E-state index in [9.17, 15) is 0 Å². The maximum Gasteiger partial charge on any atom is 0.333 e. The molecule has 2 nitrogen and oxygen atoms in total. The van der Waals surface area contributed by atoms with Crippen molar-refractivity contribution in [1.29, 1.82) is 0 Å². The first-order valence-corrected chi connectivity index (χ1v) is 25.0. The Kier molecular flexibility index (Phi) is 9.13. The van der Waals surface area contributed by atoms with Crippen LogP contribution in [0.3, 0.4) is 0 Å². The summed E-state index contributed by atoms with van der Waals surface area (Å²) in [4.78, 5) is 5.39. The normalized spacial score (nSPS) is 16.2. The van der Waals surface area contributed by atoms with Crippen molar-refractivity contribution < 1.29 is 0 Å². The Balaban J connectivity index is 1.19. The summed E-state index contributed by atoms with van der Waals surface area (Å²) in [6.45, 7) is 16.9. The third kappa shape index (κ3) is 6.25. The number of hydrogen-bond acceptors (Lipinski definition) is 2. The van der Waals surface area contributed by atoms with E-state index in [1.165, 1.54) is 129 Å². The van der Waals surface area contributed by atoms with Crippen molar-refractivity contribution in [3.05, 3.63) is 222 Å². The molecule has 0 N–H and O–H groups in total. The standard InChI is InChI=1S/C66H57BN2/c1-42-36-53-54(65(4,5)35-34-64(53,2)3)40-58(42)68-57-33-31-47(44-22-13-9-14-23-44)38-56(57)67-63-60(68)41-55-61(50-28-17-18-29-52(50)66(55,6)7)62(63)51-32-30-48(45-24-15-10-16-25-45)39-59(51)69(67)49-27-19-26-46(37-49)43-20-11-8-12-21-43/h8-33,36-41H,34-35H2,1-7H3. The highest BCUT2D eigenvalue weighted by Crippen LogP contribution is 2.59. The number of hydrogen-bond donors (Lipinski definition) is 0. The molecule has 9 aromatic rings. The van der Waals surface area contributed by atoms with Gasteiger partial charge >= 0.3 is 6.85 Å². The highest BCUT2D eigenvalue weighted by atomic mass is 15.2. The number of rotatable bonds is 5. The molecule has 0 fully saturated rings. The van der Waals surface area contributed by atoms with Crippen LogP contribution in [0.1, 0.15) is 82.2 Å². The largest absolute Gasteiger partial charge is 0.376 e. The molecule has 0 unspecified atom stereocenters. The summed E-state index contributed by atoms with van der Waals surface area (Å²) in [6.07, 6.45) is 2.34. The van der Waals surface area contributed by atoms with E-state index in [1.54, 1.807) is 0 Å². The lowest BCUT2D eigenvalue weighted by molar-refractivity contribution is 0.332. The summed E-state index contributed by atoms with van der Waals surface area (Å²) in [5.41, 5.74) is 28.4. The van der Waals surface area contributed by atoms with Crippen molar-refractivity contribution >= 4 is 46.2 Å². The molecule has 0 amide bonds. The fourth-order valence-corrected chi connectivity index (χ4v) is 12.8. The van der Waals surface area contributed by atoms with Gasteiger partial charge in [0.05, 0.1) is 0 Å². The van der Waals surface area contributed by atoms with Crippen LogP contribution >= 0.6 is 0 Å². The van der Waals surface area contributed by atoms with Gasteiger partial charge in [-0.3, -0.25) is 0 Å². The zero-order valence-corrected chi connectivity index (χ0v) is 40.9. The average Bonchev–Trinajstić information content (AvgIpc) is 3.61. The topological polar surface area (TPSA) is 6.48 Å². The second-order valence-corrected chi connectivity index (χ2v) is 22.0. The van der Waals surface area contributed by atoms with Gasteiger partial charge in [-0.25, -0.2) is 0 Å². The van der Waals surface area contributed by atoms with Gasteiger partial charge in [0.2, 0.25) is 0 Å². The van der Waals surface area contributed by atoms with Gasteiger partial charge in [-0.15, -0.1) is 0 Å². The first kappa shape index (κ1) is 41.8. The van der Waals surface area contributed by atoms with Crippen LogP contribution in [0, 0.1) is 6.92 Å². The minimum Gasteiger partial charge on any atom is -0.376 e. The van der Waals surface area contributed by atoms with Crippen LogP contribution in [0.15, 0.2) is 194 Å². The van der Waals surface area contributed by atoms with E-state index in [0.29, 0.717) is 0 Å². The second-order valence-electron chi connectivity index (χ2n) is 22.0. The monoisotopic (exact) mass is 888 g/mol. The van der Waals surface area contributed by atoms with Gasteiger partial charge in [-0.1, -0.05) is 199 Å². The van der Waals surface area contributed by atoms with Crippen LogP contribution in [-0.2, 0) is 16.2 Å². The molecule has 0 bridgehead atoms. The molecule has 2 heterocycles. The second kappa shape index (κ2) is 15.1. The predicted octanol–water partition coefficient (Wildman–Crippen LogP) is 16.4. The Morgan fingerprint density at radius 3 is 1.61 bits per heavy atom. The van der Waals surface area contributed by atoms with Gasteiger partial charge in [-0.05, 0) is 156 Å². The summed E-state index contributed by atoms with van der Waals surface area (Å²) in [6, 6.07) is 73.7. The van der Waals surface area contributed by atoms with E-state index in [0.717, 1.165) is 6.42 Å². The van der Waals surface area contributed by atoms with E-state index < -0.39 is 0 Å². The Bertz CT molecular complexity index is 3550. The van der Waals surface area contributed by atoms with Crippen molar-refractivity contribution in [3.63, 3.8) is 0 Å². The van der Waals surface area contributed by atoms with Crippen LogP contribution in [-0.4, -0.2) is 6.85 Å². The van der Waals surface area contributed by atoms with E-state index in [1.807, 2.05) is 0 Å². The Morgan fingerprint density at radius 1 is 0.391 bits per heavy atom. The molecule has 334 valence electrons. The summed E-state index contributed by atoms with van der Waals surface area (Å²) in [7, 11) is 0. The molecule has 0 atom stereocenters. The van der Waals surface area contributed by atoms with E-state index in [-0.39, 0.29) is 23.1 Å². The molecular formula is C66H57BN2. The SMILES string of the molecule is Cc1cc2c(cc1N1c3ccc(-c4ccccc4)cc3B3c4c1cc1c(c4-c4ccc(-c5ccccc5)cc4N3c3cccc(-c4ccccc4)c3)-c3ccccc3C1(C)C)C(C)(C)CCC2(C)C. The van der Waals surface area contributed by atoms with Crippen LogP contribution in [0.4, 0.5) is 28.4 Å². The molecule has 0 aromatic heterocycles. The highest BCUT2D eigenvalue weighted by Gasteiger charge is 2.50. The summed E-state index contributed by atoms with van der Waals surface area (Å²) in [5.74, 6) is 0. The number of nitrogens with zero attached hydrogens (tertiary/aromatic N) is 2. The third-order valence-electron chi connectivity index (χ3n) is 16.6. The molecule has 0 saturated heterocycles. The maximum atomic E-state index is 2.70. The fraction of sp³-hybridized carbons (Fsp3) is 0.182. The highest BCUT2D eigenvalue weighted by molar-refractivity contribution is 6.94. The smallest absolute Gasteiger partial charge is 0.333 e. The quantitative estimate of drug-likeness (QED) is 0.159. The lowest BCUT2D eigenvalue weighted by Crippen LogP contribution is -2.62. The van der Waals surface area contributed by atoms with Crippen molar-refractivity contribution in [1.82, 2.24) is 0 Å². The minimum absolute atomic E-state index is 0.0442. The minimum atomic E-state index is -0.224. The Hall–Kier alpha value is -7.36. The predicted molar refractivity (Wildman–Crippen MR) is 294 cm³/mol. The van der Waals surface area contributed by atoms with Gasteiger partial charge in [0.25, 0.3) is 0 Å². The van der Waals surface area contributed by atoms with Crippen LogP contribution < -0.4 is 20.6 Å². The molecule has 4 aliphatic rings. The zero-order chi connectivity index (χ0) is 47.0. The summed E-state index contributed by atoms with van der Waals surface area (Å²) in [5, 5.41) is 0. The lowest BCUT2D eigenvalue weighted by atomic mass is 9.42. The molecule has 2 aliphatic carbocycles. The van der Waals surface area contributed by atoms with Gasteiger partial charge in [0.1, 0.15) is 0 Å². The van der Waals surface area contributed by atoms with Crippen LogP contribution in [0.5, 0.6) is 0 Å². The molecule has 3 heteroatoms. The van der Waals surface area contributed by atoms with E-state index in [4.69, 9.17) is 0 Å². The number of benzene rings is 9. The molecule has 9 aromatic carbocycles. The average molecular weight is 889 g/mol. The molecular weight excluding hydrogens is 832 g/mol. The van der Waals surface area contributed by atoms with Crippen LogP contribution in [0.25, 0.3) is 55.6 Å². The van der Waals surface area contributed by atoms with Gasteiger partial charge in [0.15, 0.2) is 0 Å². The van der Waals surface area contributed by atoms with Crippen molar-refractivity contribution in [3.8, 4) is 55.6 Å². The Morgan fingerprint density at radius 2 is 0.942 bits per heavy atom. The van der Waals surface area contributed by atoms with Gasteiger partial charge in [-0.2, -0.15) is 0 Å². The third-order valence-corrected chi connectivity index (χ3v) is 16.6. The molecule has 0 spiro atoms. The van der Waals surface area contributed by atoms with Gasteiger partial charge < -0.3 is 9.71 Å². The zero-order valence-electron chi connectivity index (χ0n) is 40.9. The molecule has 2 aliphatic heterocycles. The number of aryl methyl sites for hydroxylation is 1. The first-order chi connectivity index (χ1) is 33.4. The summed E-state index contributed by atoms with van der Waals surface area (Å²) < 4.78 is 0. The lowest BCUT2D eigenvalue weighted by Gasteiger charge is -2.48. The Labute approximate surface area is 409 Å². The molecule has 0 radical (unpaired) electrons. The van der Waals surface area contributed by atoms with Crippen molar-refractivity contribution in [2.24, 2.45) is 0 Å². The molecule has 69 heavy (non-hydrogen) atoms. The maximum absolute atomic E-state index is 2.70. The van der Waals surface area contributed by atoms with Crippen molar-refractivity contribution in [2.75, 3.05) is 9.71 Å². The fourth-order valence-electron chi connectivity index (χ4n) is 12.8. The summed E-state index contributed by atoms with van der Waals surface area (Å²) >= 11 is 0. The van der Waals surface area contributed by atoms with Gasteiger partial charge in [0, 0.05) is 39.4 Å². The first-order valence-electron chi connectivity index (χ1n) is 25.0. The number of fused-ring (bicyclic) bond motifs is 9. The van der Waals surface area contributed by atoms with E-state index in [2.05, 4.69) is 252 Å². The van der Waals surface area contributed by atoms with E-state index >= 15 is 0 Å². The van der Waals surface area contributed by atoms with Crippen LogP contribution in [0.2, 0.25) is 0 Å². The molecule has 13 rings (SSSR count). The number of anilines is 5.